The normalized spacial score (nSPS) is 26.3. The van der Waals surface area contributed by atoms with Crippen LogP contribution < -0.4 is 10.6 Å². The number of hydrogen-bond acceptors (Lipinski definition) is 5. The molecule has 0 saturated carbocycles. The van der Waals surface area contributed by atoms with Crippen molar-refractivity contribution in [1.82, 2.24) is 25.4 Å². The third-order valence-corrected chi connectivity index (χ3v) is 5.56. The lowest BCUT2D eigenvalue weighted by Crippen LogP contribution is -2.63. The van der Waals surface area contributed by atoms with E-state index in [4.69, 9.17) is 0 Å². The number of aromatic nitrogens is 1. The third kappa shape index (κ3) is 5.03. The van der Waals surface area contributed by atoms with Crippen LogP contribution in [0.4, 0.5) is 0 Å². The largest absolute Gasteiger partial charge is 0.355 e. The van der Waals surface area contributed by atoms with Crippen molar-refractivity contribution in [2.45, 2.75) is 32.4 Å². The van der Waals surface area contributed by atoms with E-state index in [0.717, 1.165) is 24.1 Å². The summed E-state index contributed by atoms with van der Waals surface area (Å²) in [6.07, 6.45) is 0. The Morgan fingerprint density at radius 2 is 2.08 bits per heavy atom. The van der Waals surface area contributed by atoms with Gasteiger partial charge in [-0.05, 0) is 5.92 Å². The standard InChI is InChI=1S/C16H28N6S.HI/c1-12(2)14-11-23-15(20-14)9-19-16(17-3)18-8-13-10-21-4-6-22(13)7-5-21;/h11-13H,4-10H2,1-3H3,(H2,17,18,19);1H. The van der Waals surface area contributed by atoms with Crippen LogP contribution in [0, 0.1) is 0 Å². The zero-order valence-corrected chi connectivity index (χ0v) is 17.9. The van der Waals surface area contributed by atoms with E-state index in [1.54, 1.807) is 11.3 Å². The van der Waals surface area contributed by atoms with Crippen molar-refractivity contribution in [3.63, 3.8) is 0 Å². The molecule has 3 aliphatic rings. The molecule has 4 heterocycles. The van der Waals surface area contributed by atoms with Crippen molar-refractivity contribution in [2.24, 2.45) is 4.99 Å². The molecule has 0 aromatic carbocycles. The van der Waals surface area contributed by atoms with Crippen LogP contribution in [0.5, 0.6) is 0 Å². The van der Waals surface area contributed by atoms with Crippen LogP contribution in [0.25, 0.3) is 0 Å². The Bertz CT molecular complexity index is 538. The number of hydrogen-bond donors (Lipinski definition) is 2. The van der Waals surface area contributed by atoms with Crippen LogP contribution >= 0.6 is 35.3 Å². The van der Waals surface area contributed by atoms with Gasteiger partial charge in [0.15, 0.2) is 5.96 Å². The molecule has 1 atom stereocenters. The maximum absolute atomic E-state index is 4.66. The Labute approximate surface area is 166 Å². The van der Waals surface area contributed by atoms with Crippen LogP contribution in [0.3, 0.4) is 0 Å². The lowest BCUT2D eigenvalue weighted by atomic mass is 10.1. The van der Waals surface area contributed by atoms with Crippen molar-refractivity contribution < 1.29 is 0 Å². The maximum Gasteiger partial charge on any atom is 0.191 e. The van der Waals surface area contributed by atoms with Crippen molar-refractivity contribution in [3.05, 3.63) is 16.1 Å². The number of nitrogens with zero attached hydrogens (tertiary/aromatic N) is 4. The fraction of sp³-hybridized carbons (Fsp3) is 0.750. The number of rotatable bonds is 5. The Morgan fingerprint density at radius 3 is 2.62 bits per heavy atom. The quantitative estimate of drug-likeness (QED) is 0.394. The molecular weight excluding hydrogens is 435 g/mol. The van der Waals surface area contributed by atoms with Crippen LogP contribution in [-0.4, -0.2) is 73.1 Å². The van der Waals surface area contributed by atoms with Crippen LogP contribution in [0.15, 0.2) is 10.4 Å². The van der Waals surface area contributed by atoms with Crippen molar-refractivity contribution >= 4 is 41.3 Å². The van der Waals surface area contributed by atoms with E-state index in [1.165, 1.54) is 38.4 Å². The summed E-state index contributed by atoms with van der Waals surface area (Å²) in [5.41, 5.74) is 1.18. The van der Waals surface area contributed by atoms with Gasteiger partial charge in [0.2, 0.25) is 0 Å². The first-order valence-corrected chi connectivity index (χ1v) is 9.39. The summed E-state index contributed by atoms with van der Waals surface area (Å²) in [4.78, 5) is 14.1. The van der Waals surface area contributed by atoms with E-state index < -0.39 is 0 Å². The highest BCUT2D eigenvalue weighted by atomic mass is 127. The van der Waals surface area contributed by atoms with Gasteiger partial charge in [-0.2, -0.15) is 0 Å². The molecule has 2 N–H and O–H groups in total. The van der Waals surface area contributed by atoms with Gasteiger partial charge in [-0.3, -0.25) is 14.8 Å². The van der Waals surface area contributed by atoms with Gasteiger partial charge < -0.3 is 10.6 Å². The van der Waals surface area contributed by atoms with Gasteiger partial charge in [0, 0.05) is 57.7 Å². The van der Waals surface area contributed by atoms with Gasteiger partial charge in [-0.15, -0.1) is 35.3 Å². The van der Waals surface area contributed by atoms with E-state index in [1.807, 2.05) is 7.05 Å². The van der Waals surface area contributed by atoms with Crippen molar-refractivity contribution in [3.8, 4) is 0 Å². The summed E-state index contributed by atoms with van der Waals surface area (Å²) < 4.78 is 0. The summed E-state index contributed by atoms with van der Waals surface area (Å²) in [5, 5.41) is 10.1. The fourth-order valence-corrected chi connectivity index (χ4v) is 4.08. The molecular formula is C16H29IN6S. The molecule has 3 aliphatic heterocycles. The summed E-state index contributed by atoms with van der Waals surface area (Å²) in [7, 11) is 1.83. The molecule has 6 nitrogen and oxygen atoms in total. The number of piperazine rings is 3. The number of aliphatic imine (C=N–C) groups is 1. The highest BCUT2D eigenvalue weighted by molar-refractivity contribution is 14.0. The second-order valence-electron chi connectivity index (χ2n) is 6.62. The van der Waals surface area contributed by atoms with Crippen molar-refractivity contribution in [2.75, 3.05) is 46.3 Å². The summed E-state index contributed by atoms with van der Waals surface area (Å²) in [5.74, 6) is 1.35. The lowest BCUT2D eigenvalue weighted by molar-refractivity contribution is 0.0154. The SMILES string of the molecule is CN=C(NCc1nc(C(C)C)cs1)NCC1CN2CCN1CC2.I. The minimum absolute atomic E-state index is 0. The summed E-state index contributed by atoms with van der Waals surface area (Å²) in [6.45, 7) is 12.1. The van der Waals surface area contributed by atoms with E-state index >= 15 is 0 Å². The van der Waals surface area contributed by atoms with Crippen LogP contribution in [-0.2, 0) is 6.54 Å². The molecule has 136 valence electrons. The fourth-order valence-electron chi connectivity index (χ4n) is 3.18. The highest BCUT2D eigenvalue weighted by Gasteiger charge is 2.31. The zero-order chi connectivity index (χ0) is 16.2. The Hall–Kier alpha value is -0.450. The molecule has 3 fully saturated rings. The first-order valence-electron chi connectivity index (χ1n) is 8.51. The number of nitrogens with one attached hydrogen (secondary N) is 2. The predicted octanol–water partition coefficient (Wildman–Crippen LogP) is 1.55. The molecule has 0 spiro atoms. The lowest BCUT2D eigenvalue weighted by Gasteiger charge is -2.47. The molecule has 24 heavy (non-hydrogen) atoms. The number of fused-ring (bicyclic) bond motifs is 3. The molecule has 2 bridgehead atoms. The molecule has 1 unspecified atom stereocenters. The first-order chi connectivity index (χ1) is 11.2. The average Bonchev–Trinajstić information content (AvgIpc) is 3.05. The molecule has 3 saturated heterocycles. The Morgan fingerprint density at radius 1 is 1.33 bits per heavy atom. The second kappa shape index (κ2) is 9.30. The van der Waals surface area contributed by atoms with Crippen molar-refractivity contribution in [1.29, 1.82) is 0 Å². The number of halogens is 1. The Balaban J connectivity index is 0.00000208. The molecule has 1 aromatic rings. The van der Waals surface area contributed by atoms with Gasteiger partial charge in [-0.1, -0.05) is 13.8 Å². The molecule has 1 aromatic heterocycles. The van der Waals surface area contributed by atoms with E-state index in [0.29, 0.717) is 12.0 Å². The predicted molar refractivity (Wildman–Crippen MR) is 112 cm³/mol. The van der Waals surface area contributed by atoms with E-state index in [9.17, 15) is 0 Å². The van der Waals surface area contributed by atoms with Crippen LogP contribution in [0.2, 0.25) is 0 Å². The summed E-state index contributed by atoms with van der Waals surface area (Å²) >= 11 is 1.72. The first kappa shape index (κ1) is 19.9. The monoisotopic (exact) mass is 464 g/mol. The van der Waals surface area contributed by atoms with E-state index in [-0.39, 0.29) is 24.0 Å². The average molecular weight is 464 g/mol. The molecule has 4 rings (SSSR count). The topological polar surface area (TPSA) is 55.8 Å². The second-order valence-corrected chi connectivity index (χ2v) is 7.56. The molecule has 0 radical (unpaired) electrons. The number of guanidine groups is 1. The van der Waals surface area contributed by atoms with Gasteiger partial charge >= 0.3 is 0 Å². The van der Waals surface area contributed by atoms with E-state index in [2.05, 4.69) is 49.6 Å². The van der Waals surface area contributed by atoms with Gasteiger partial charge in [0.05, 0.1) is 12.2 Å². The van der Waals surface area contributed by atoms with Gasteiger partial charge in [0.25, 0.3) is 0 Å². The maximum atomic E-state index is 4.66. The van der Waals surface area contributed by atoms with Gasteiger partial charge in [-0.25, -0.2) is 4.98 Å². The highest BCUT2D eigenvalue weighted by Crippen LogP contribution is 2.17. The zero-order valence-electron chi connectivity index (χ0n) is 14.8. The summed E-state index contributed by atoms with van der Waals surface area (Å²) in [6, 6.07) is 0.600. The van der Waals surface area contributed by atoms with Crippen LogP contribution in [0.1, 0.15) is 30.5 Å². The minimum Gasteiger partial charge on any atom is -0.355 e. The molecule has 0 amide bonds. The smallest absolute Gasteiger partial charge is 0.191 e. The molecule has 0 aliphatic carbocycles. The van der Waals surface area contributed by atoms with Gasteiger partial charge in [0.1, 0.15) is 5.01 Å². The molecule has 8 heteroatoms. The number of thiazole rings is 1. The Kier molecular flexibility index (Phi) is 7.70. The third-order valence-electron chi connectivity index (χ3n) is 4.69. The minimum atomic E-state index is 0.